The number of para-hydroxylation sites is 1. The summed E-state index contributed by atoms with van der Waals surface area (Å²) in [7, 11) is 0. The number of aromatic nitrogens is 1. The van der Waals surface area contributed by atoms with E-state index in [-0.39, 0.29) is 18.2 Å². The molecule has 1 amide bonds. The maximum atomic E-state index is 12.1. The van der Waals surface area contributed by atoms with Crippen LogP contribution in [0.15, 0.2) is 89.1 Å². The molecule has 0 unspecified atom stereocenters. The van der Waals surface area contributed by atoms with Gasteiger partial charge in [-0.15, -0.1) is 10.2 Å². The molecule has 0 atom stereocenters. The molecule has 1 N–H and O–H groups in total. The molecule has 0 saturated heterocycles. The molecule has 0 spiro atoms. The van der Waals surface area contributed by atoms with E-state index in [4.69, 9.17) is 10.00 Å². The van der Waals surface area contributed by atoms with Crippen LogP contribution >= 0.6 is 0 Å². The SMILES string of the molecule is N#Cc1ccc(OCC(=O)N=Nc2c(O)n(Cc3ccccc3)c3ccccc23)cc1. The minimum Gasteiger partial charge on any atom is -0.493 e. The second kappa shape index (κ2) is 8.93. The second-order valence-electron chi connectivity index (χ2n) is 6.78. The molecule has 0 aliphatic heterocycles. The summed E-state index contributed by atoms with van der Waals surface area (Å²) in [6.45, 7) is 0.150. The first-order chi connectivity index (χ1) is 15.2. The van der Waals surface area contributed by atoms with Crippen molar-refractivity contribution in [3.8, 4) is 17.7 Å². The third kappa shape index (κ3) is 4.43. The Morgan fingerprint density at radius 2 is 1.71 bits per heavy atom. The Bertz CT molecular complexity index is 1290. The standard InChI is InChI=1S/C24H18N4O3/c25-14-17-10-12-19(13-11-17)31-16-22(29)26-27-23-20-8-4-5-9-21(20)28(24(23)30)15-18-6-2-1-3-7-18/h1-13,30H,15-16H2. The van der Waals surface area contributed by atoms with E-state index in [1.54, 1.807) is 28.8 Å². The van der Waals surface area contributed by atoms with Gasteiger partial charge in [0.05, 0.1) is 23.7 Å². The molecule has 3 aromatic carbocycles. The molecular formula is C24H18N4O3. The highest BCUT2D eigenvalue weighted by molar-refractivity contribution is 5.95. The Kier molecular flexibility index (Phi) is 5.72. The fraction of sp³-hybridized carbons (Fsp3) is 0.0833. The van der Waals surface area contributed by atoms with E-state index in [1.807, 2.05) is 60.7 Å². The molecule has 152 valence electrons. The number of rotatable bonds is 6. The van der Waals surface area contributed by atoms with Crippen molar-refractivity contribution in [3.05, 3.63) is 90.0 Å². The van der Waals surface area contributed by atoms with Crippen molar-refractivity contribution in [2.45, 2.75) is 6.54 Å². The van der Waals surface area contributed by atoms with Crippen LogP contribution in [0.3, 0.4) is 0 Å². The summed E-state index contributed by atoms with van der Waals surface area (Å²) in [4.78, 5) is 12.1. The number of ether oxygens (including phenoxy) is 1. The van der Waals surface area contributed by atoms with Crippen molar-refractivity contribution >= 4 is 22.5 Å². The van der Waals surface area contributed by atoms with Gasteiger partial charge in [0.2, 0.25) is 5.88 Å². The van der Waals surface area contributed by atoms with Crippen LogP contribution in [-0.2, 0) is 11.3 Å². The van der Waals surface area contributed by atoms with Gasteiger partial charge < -0.3 is 14.4 Å². The number of carbonyl (C=O) groups excluding carboxylic acids is 1. The Labute approximate surface area is 178 Å². The summed E-state index contributed by atoms with van der Waals surface area (Å²) < 4.78 is 7.11. The predicted molar refractivity (Wildman–Crippen MR) is 115 cm³/mol. The van der Waals surface area contributed by atoms with Crippen LogP contribution in [0.25, 0.3) is 10.9 Å². The summed E-state index contributed by atoms with van der Waals surface area (Å²) >= 11 is 0. The lowest BCUT2D eigenvalue weighted by molar-refractivity contribution is -0.120. The Balaban J connectivity index is 1.53. The molecule has 1 heterocycles. The quantitative estimate of drug-likeness (QED) is 0.454. The monoisotopic (exact) mass is 410 g/mol. The number of nitriles is 1. The summed E-state index contributed by atoms with van der Waals surface area (Å²) in [6.07, 6.45) is 0. The molecule has 0 saturated carbocycles. The van der Waals surface area contributed by atoms with Gasteiger partial charge in [0.1, 0.15) is 5.75 Å². The van der Waals surface area contributed by atoms with Crippen molar-refractivity contribution in [2.75, 3.05) is 6.61 Å². The number of azo groups is 1. The first-order valence-electron chi connectivity index (χ1n) is 9.57. The van der Waals surface area contributed by atoms with Crippen LogP contribution < -0.4 is 4.74 Å². The lowest BCUT2D eigenvalue weighted by Gasteiger charge is -2.06. The van der Waals surface area contributed by atoms with Gasteiger partial charge in [-0.3, -0.25) is 4.79 Å². The molecule has 0 aliphatic rings. The molecule has 31 heavy (non-hydrogen) atoms. The van der Waals surface area contributed by atoms with Crippen LogP contribution in [-0.4, -0.2) is 22.2 Å². The molecule has 4 aromatic rings. The molecule has 0 aliphatic carbocycles. The number of nitrogens with zero attached hydrogens (tertiary/aromatic N) is 4. The van der Waals surface area contributed by atoms with Gasteiger partial charge in [0.25, 0.3) is 0 Å². The zero-order chi connectivity index (χ0) is 21.6. The Morgan fingerprint density at radius 3 is 2.45 bits per heavy atom. The maximum absolute atomic E-state index is 12.1. The van der Waals surface area contributed by atoms with Gasteiger partial charge >= 0.3 is 5.91 Å². The zero-order valence-corrected chi connectivity index (χ0v) is 16.5. The van der Waals surface area contributed by atoms with E-state index >= 15 is 0 Å². The normalized spacial score (nSPS) is 10.9. The number of benzene rings is 3. The fourth-order valence-electron chi connectivity index (χ4n) is 3.20. The highest BCUT2D eigenvalue weighted by Crippen LogP contribution is 2.39. The average Bonchev–Trinajstić information content (AvgIpc) is 3.08. The van der Waals surface area contributed by atoms with Gasteiger partial charge in [0, 0.05) is 5.39 Å². The van der Waals surface area contributed by atoms with Crippen molar-refractivity contribution in [2.24, 2.45) is 10.2 Å². The van der Waals surface area contributed by atoms with E-state index in [0.29, 0.717) is 23.2 Å². The van der Waals surface area contributed by atoms with Crippen molar-refractivity contribution < 1.29 is 14.6 Å². The van der Waals surface area contributed by atoms with E-state index in [1.165, 1.54) is 0 Å². The van der Waals surface area contributed by atoms with Crippen molar-refractivity contribution in [1.82, 2.24) is 4.57 Å². The average molecular weight is 410 g/mol. The van der Waals surface area contributed by atoms with Crippen molar-refractivity contribution in [3.63, 3.8) is 0 Å². The fourth-order valence-corrected chi connectivity index (χ4v) is 3.20. The lowest BCUT2D eigenvalue weighted by atomic mass is 10.2. The zero-order valence-electron chi connectivity index (χ0n) is 16.5. The van der Waals surface area contributed by atoms with Gasteiger partial charge in [-0.25, -0.2) is 0 Å². The summed E-state index contributed by atoms with van der Waals surface area (Å²) in [5.74, 6) is -0.205. The molecule has 7 heteroatoms. The topological polar surface area (TPSA) is 100.0 Å². The summed E-state index contributed by atoms with van der Waals surface area (Å²) in [5, 5.41) is 28.0. The third-order valence-corrected chi connectivity index (χ3v) is 4.71. The number of amides is 1. The number of hydrogen-bond acceptors (Lipinski definition) is 5. The summed E-state index contributed by atoms with van der Waals surface area (Å²) in [6, 6.07) is 25.6. The maximum Gasteiger partial charge on any atom is 0.302 e. The number of aromatic hydroxyl groups is 1. The highest BCUT2D eigenvalue weighted by Gasteiger charge is 2.17. The highest BCUT2D eigenvalue weighted by atomic mass is 16.5. The van der Waals surface area contributed by atoms with Crippen LogP contribution in [0.5, 0.6) is 11.6 Å². The largest absolute Gasteiger partial charge is 0.493 e. The molecule has 7 nitrogen and oxygen atoms in total. The lowest BCUT2D eigenvalue weighted by Crippen LogP contribution is -2.07. The van der Waals surface area contributed by atoms with Crippen LogP contribution in [0.4, 0.5) is 5.69 Å². The number of hydrogen-bond donors (Lipinski definition) is 1. The van der Waals surface area contributed by atoms with Gasteiger partial charge in [-0.1, -0.05) is 48.5 Å². The smallest absolute Gasteiger partial charge is 0.302 e. The molecular weight excluding hydrogens is 392 g/mol. The first-order valence-corrected chi connectivity index (χ1v) is 9.57. The van der Waals surface area contributed by atoms with E-state index in [9.17, 15) is 9.90 Å². The second-order valence-corrected chi connectivity index (χ2v) is 6.78. The minimum atomic E-state index is -0.594. The van der Waals surface area contributed by atoms with Crippen molar-refractivity contribution in [1.29, 1.82) is 5.26 Å². The first kappa shape index (κ1) is 19.9. The molecule has 0 fully saturated rings. The number of fused-ring (bicyclic) bond motifs is 1. The van der Waals surface area contributed by atoms with Crippen LogP contribution in [0, 0.1) is 11.3 Å². The van der Waals surface area contributed by atoms with Crippen LogP contribution in [0.1, 0.15) is 11.1 Å². The van der Waals surface area contributed by atoms with Gasteiger partial charge in [-0.2, -0.15) is 5.26 Å². The summed E-state index contributed by atoms with van der Waals surface area (Å²) in [5.41, 5.74) is 2.55. The van der Waals surface area contributed by atoms with Crippen LogP contribution in [0.2, 0.25) is 0 Å². The van der Waals surface area contributed by atoms with E-state index < -0.39 is 5.91 Å². The predicted octanol–water partition coefficient (Wildman–Crippen LogP) is 4.96. The molecule has 0 bridgehead atoms. The van der Waals surface area contributed by atoms with E-state index in [0.717, 1.165) is 11.1 Å². The molecule has 1 aromatic heterocycles. The van der Waals surface area contributed by atoms with Gasteiger partial charge in [-0.05, 0) is 35.9 Å². The van der Waals surface area contributed by atoms with E-state index in [2.05, 4.69) is 10.2 Å². The Hall–Kier alpha value is -4.44. The molecule has 4 rings (SSSR count). The number of carbonyl (C=O) groups is 1. The molecule has 0 radical (unpaired) electrons. The van der Waals surface area contributed by atoms with Gasteiger partial charge in [0.15, 0.2) is 12.3 Å². The Morgan fingerprint density at radius 1 is 1.00 bits per heavy atom. The third-order valence-electron chi connectivity index (χ3n) is 4.71. The minimum absolute atomic E-state index is 0.0605.